The fraction of sp³-hybridized carbons (Fsp3) is 0.562. The first-order chi connectivity index (χ1) is 11.4. The molecule has 1 saturated heterocycles. The topological polar surface area (TPSA) is 29.5 Å². The van der Waals surface area contributed by atoms with E-state index in [1.54, 1.807) is 20.8 Å². The molecule has 0 saturated carbocycles. The van der Waals surface area contributed by atoms with Crippen LogP contribution in [0.3, 0.4) is 0 Å². The Bertz CT molecular complexity index is 621. The number of hydrogen-bond donors (Lipinski definition) is 0. The lowest BCUT2D eigenvalue weighted by Gasteiger charge is -2.27. The second kappa shape index (κ2) is 6.42. The van der Waals surface area contributed by atoms with Crippen LogP contribution in [0.2, 0.25) is 0 Å². The Balaban J connectivity index is 2.56. The maximum Gasteiger partial charge on any atom is 0.416 e. The van der Waals surface area contributed by atoms with Gasteiger partial charge in [0.2, 0.25) is 0 Å². The number of cyclic esters (lactones) is 1. The largest absolute Gasteiger partial charge is 0.439 e. The first-order valence-electron chi connectivity index (χ1n) is 7.64. The summed E-state index contributed by atoms with van der Waals surface area (Å²) in [7, 11) is 0. The summed E-state index contributed by atoms with van der Waals surface area (Å²) in [6.07, 6.45) is -11.5. The van der Waals surface area contributed by atoms with Crippen LogP contribution in [0, 0.1) is 0 Å². The minimum atomic E-state index is -4.95. The van der Waals surface area contributed by atoms with E-state index in [-0.39, 0.29) is 17.7 Å². The third kappa shape index (κ3) is 3.85. The fourth-order valence-corrected chi connectivity index (χ4v) is 2.97. The highest BCUT2D eigenvalue weighted by Crippen LogP contribution is 2.41. The van der Waals surface area contributed by atoms with E-state index in [1.807, 2.05) is 0 Å². The van der Waals surface area contributed by atoms with Gasteiger partial charge in [-0.05, 0) is 44.0 Å². The Morgan fingerprint density at radius 3 is 1.88 bits per heavy atom. The highest BCUT2D eigenvalue weighted by Gasteiger charge is 2.45. The zero-order valence-electron chi connectivity index (χ0n) is 13.7. The summed E-state index contributed by atoms with van der Waals surface area (Å²) in [5, 5.41) is 0. The molecule has 1 fully saturated rings. The van der Waals surface area contributed by atoms with Crippen molar-refractivity contribution in [2.45, 2.75) is 57.7 Å². The Morgan fingerprint density at radius 2 is 1.52 bits per heavy atom. The molecule has 0 aromatic heterocycles. The molecule has 3 nitrogen and oxygen atoms in total. The molecule has 1 aliphatic heterocycles. The molecule has 1 aromatic carbocycles. The Morgan fingerprint density at radius 1 is 1.04 bits per heavy atom. The quantitative estimate of drug-likeness (QED) is 0.667. The lowest BCUT2D eigenvalue weighted by Crippen LogP contribution is -2.39. The summed E-state index contributed by atoms with van der Waals surface area (Å²) in [6.45, 7) is 5.08. The van der Waals surface area contributed by atoms with Crippen LogP contribution in [0.1, 0.15) is 50.0 Å². The number of ether oxygens (including phenoxy) is 1. The monoisotopic (exact) mass is 369 g/mol. The predicted octanol–water partition coefficient (Wildman–Crippen LogP) is 5.40. The number of hydrogen-bond acceptors (Lipinski definition) is 2. The fourth-order valence-electron chi connectivity index (χ4n) is 2.97. The van der Waals surface area contributed by atoms with Gasteiger partial charge in [-0.25, -0.2) is 4.79 Å². The van der Waals surface area contributed by atoms with Gasteiger partial charge in [0.05, 0.1) is 17.2 Å². The van der Waals surface area contributed by atoms with Crippen molar-refractivity contribution in [3.63, 3.8) is 0 Å². The van der Waals surface area contributed by atoms with Crippen molar-refractivity contribution >= 4 is 6.09 Å². The lowest BCUT2D eigenvalue weighted by atomic mass is 9.95. The molecule has 0 spiro atoms. The molecule has 9 heteroatoms. The van der Waals surface area contributed by atoms with Gasteiger partial charge < -0.3 is 4.74 Å². The number of halogens is 6. The number of alkyl halides is 6. The summed E-state index contributed by atoms with van der Waals surface area (Å²) >= 11 is 0. The molecular weight excluding hydrogens is 352 g/mol. The van der Waals surface area contributed by atoms with Crippen LogP contribution in [0.5, 0.6) is 0 Å². The third-order valence-electron chi connectivity index (χ3n) is 4.06. The van der Waals surface area contributed by atoms with Gasteiger partial charge in [-0.1, -0.05) is 6.92 Å². The lowest BCUT2D eigenvalue weighted by molar-refractivity contribution is -0.143. The summed E-state index contributed by atoms with van der Waals surface area (Å²) in [5.74, 6) is 0. The van der Waals surface area contributed by atoms with E-state index < -0.39 is 41.7 Å². The highest BCUT2D eigenvalue weighted by molar-refractivity contribution is 5.71. The zero-order valence-corrected chi connectivity index (χ0v) is 13.7. The summed E-state index contributed by atoms with van der Waals surface area (Å²) in [6, 6.07) is 0.341. The summed E-state index contributed by atoms with van der Waals surface area (Å²) in [5.41, 5.74) is -3.16. The van der Waals surface area contributed by atoms with E-state index in [9.17, 15) is 31.1 Å². The van der Waals surface area contributed by atoms with Crippen LogP contribution in [0.4, 0.5) is 31.1 Å². The van der Waals surface area contributed by atoms with Gasteiger partial charge in [0.1, 0.15) is 6.10 Å². The third-order valence-corrected chi connectivity index (χ3v) is 4.06. The van der Waals surface area contributed by atoms with E-state index in [1.165, 1.54) is 4.90 Å². The molecule has 2 rings (SSSR count). The van der Waals surface area contributed by atoms with Gasteiger partial charge >= 0.3 is 18.4 Å². The van der Waals surface area contributed by atoms with Gasteiger partial charge in [0.15, 0.2) is 0 Å². The first kappa shape index (κ1) is 19.4. The van der Waals surface area contributed by atoms with E-state index in [0.29, 0.717) is 18.6 Å². The molecule has 2 atom stereocenters. The summed E-state index contributed by atoms with van der Waals surface area (Å²) < 4.78 is 83.1. The van der Waals surface area contributed by atoms with Gasteiger partial charge in [-0.15, -0.1) is 0 Å². The molecule has 1 aliphatic rings. The highest BCUT2D eigenvalue weighted by atomic mass is 19.4. The zero-order chi connectivity index (χ0) is 19.2. The maximum absolute atomic E-state index is 13.0. The Labute approximate surface area is 140 Å². The second-order valence-corrected chi connectivity index (χ2v) is 6.12. The SMILES string of the molecule is CC[C@H]1[C@@H](c2cc(C(F)(F)F)cc(C(F)(F)F)c2)OC(=O)N1C(C)C. The first-order valence-corrected chi connectivity index (χ1v) is 7.64. The van der Waals surface area contributed by atoms with Gasteiger partial charge in [-0.3, -0.25) is 4.90 Å². The molecule has 1 aromatic rings. The normalized spacial score (nSPS) is 21.8. The number of benzene rings is 1. The minimum Gasteiger partial charge on any atom is -0.439 e. The van der Waals surface area contributed by atoms with Crippen LogP contribution < -0.4 is 0 Å². The molecular formula is C16H17F6NO2. The Kier molecular flexibility index (Phi) is 4.98. The van der Waals surface area contributed by atoms with Gasteiger partial charge in [0, 0.05) is 6.04 Å². The molecule has 25 heavy (non-hydrogen) atoms. The molecule has 1 amide bonds. The average Bonchev–Trinajstić information content (AvgIpc) is 2.81. The molecule has 0 bridgehead atoms. The predicted molar refractivity (Wildman–Crippen MR) is 76.7 cm³/mol. The van der Waals surface area contributed by atoms with Crippen LogP contribution in [0.15, 0.2) is 18.2 Å². The molecule has 0 N–H and O–H groups in total. The van der Waals surface area contributed by atoms with Gasteiger partial charge in [0.25, 0.3) is 0 Å². The number of carbonyl (C=O) groups is 1. The van der Waals surface area contributed by atoms with Gasteiger partial charge in [-0.2, -0.15) is 26.3 Å². The van der Waals surface area contributed by atoms with Crippen molar-refractivity contribution in [1.29, 1.82) is 0 Å². The van der Waals surface area contributed by atoms with Crippen LogP contribution in [-0.4, -0.2) is 23.1 Å². The number of carbonyl (C=O) groups excluding carboxylic acids is 1. The van der Waals surface area contributed by atoms with Crippen molar-refractivity contribution in [1.82, 2.24) is 4.90 Å². The number of rotatable bonds is 3. The van der Waals surface area contributed by atoms with E-state index in [2.05, 4.69) is 0 Å². The Hall–Kier alpha value is -1.93. The van der Waals surface area contributed by atoms with E-state index >= 15 is 0 Å². The number of amides is 1. The average molecular weight is 369 g/mol. The van der Waals surface area contributed by atoms with Crippen LogP contribution in [-0.2, 0) is 17.1 Å². The van der Waals surface area contributed by atoms with Crippen molar-refractivity contribution < 1.29 is 35.9 Å². The maximum atomic E-state index is 13.0. The standard InChI is InChI=1S/C16H17F6NO2/c1-4-12-13(25-14(24)23(12)8(2)3)9-5-10(15(17,18)19)7-11(6-9)16(20,21)22/h5-8,12-13H,4H2,1-3H3/t12-,13+/m0/s1. The van der Waals surface area contributed by atoms with Crippen LogP contribution >= 0.6 is 0 Å². The minimum absolute atomic E-state index is 0.0570. The number of nitrogens with zero attached hydrogens (tertiary/aromatic N) is 1. The molecule has 0 aliphatic carbocycles. The molecule has 140 valence electrons. The summed E-state index contributed by atoms with van der Waals surface area (Å²) in [4.78, 5) is 13.3. The van der Waals surface area contributed by atoms with E-state index in [4.69, 9.17) is 4.74 Å². The second-order valence-electron chi connectivity index (χ2n) is 6.12. The van der Waals surface area contributed by atoms with Crippen molar-refractivity contribution in [2.24, 2.45) is 0 Å². The van der Waals surface area contributed by atoms with E-state index in [0.717, 1.165) is 0 Å². The molecule has 0 radical (unpaired) electrons. The molecule has 0 unspecified atom stereocenters. The smallest absolute Gasteiger partial charge is 0.416 e. The van der Waals surface area contributed by atoms with Crippen molar-refractivity contribution in [3.8, 4) is 0 Å². The molecule has 1 heterocycles. The van der Waals surface area contributed by atoms with Crippen LogP contribution in [0.25, 0.3) is 0 Å². The van der Waals surface area contributed by atoms with Crippen molar-refractivity contribution in [3.05, 3.63) is 34.9 Å². The van der Waals surface area contributed by atoms with Crippen molar-refractivity contribution in [2.75, 3.05) is 0 Å².